The second-order valence-corrected chi connectivity index (χ2v) is 6.83. The number of hydrogen-bond donors (Lipinski definition) is 3. The van der Waals surface area contributed by atoms with Crippen LogP contribution in [0.3, 0.4) is 0 Å². The fourth-order valence-electron chi connectivity index (χ4n) is 2.99. The minimum absolute atomic E-state index is 0.0129. The first-order chi connectivity index (χ1) is 15.3. The molecule has 11 heteroatoms. The van der Waals surface area contributed by atoms with Crippen molar-refractivity contribution in [2.45, 2.75) is 20.4 Å². The fraction of sp³-hybridized carbons (Fsp3) is 0.286. The van der Waals surface area contributed by atoms with Gasteiger partial charge < -0.3 is 21.5 Å². The van der Waals surface area contributed by atoms with Crippen molar-refractivity contribution < 1.29 is 14.3 Å². The molecule has 2 aromatic heterocycles. The summed E-state index contributed by atoms with van der Waals surface area (Å²) in [5.74, 6) is 5.14. The Morgan fingerprint density at radius 1 is 1.28 bits per heavy atom. The third-order valence-electron chi connectivity index (χ3n) is 4.64. The maximum Gasteiger partial charge on any atom is 0.306 e. The van der Waals surface area contributed by atoms with Gasteiger partial charge in [-0.2, -0.15) is 9.97 Å². The molecule has 0 aliphatic carbocycles. The Kier molecular flexibility index (Phi) is 6.56. The van der Waals surface area contributed by atoms with E-state index in [4.69, 9.17) is 16.2 Å². The van der Waals surface area contributed by atoms with Gasteiger partial charge in [-0.3, -0.25) is 23.5 Å². The van der Waals surface area contributed by atoms with Crippen molar-refractivity contribution in [2.75, 3.05) is 18.4 Å². The number of rotatable bonds is 8. The van der Waals surface area contributed by atoms with Gasteiger partial charge >= 0.3 is 6.01 Å². The summed E-state index contributed by atoms with van der Waals surface area (Å²) in [6.07, 6.45) is 0. The third-order valence-corrected chi connectivity index (χ3v) is 4.64. The molecule has 0 saturated heterocycles. The molecule has 1 aromatic carbocycles. The first-order valence-electron chi connectivity index (χ1n) is 9.71. The highest BCUT2D eigenvalue weighted by atomic mass is 16.5. The second kappa shape index (κ2) is 9.32. The normalized spacial score (nSPS) is 10.5. The van der Waals surface area contributed by atoms with Gasteiger partial charge in [-0.05, 0) is 32.0 Å². The number of carbonyl (C=O) groups is 2. The molecule has 32 heavy (non-hydrogen) atoms. The number of primary amides is 1. The predicted molar refractivity (Wildman–Crippen MR) is 119 cm³/mol. The van der Waals surface area contributed by atoms with Gasteiger partial charge in [-0.15, -0.1) is 5.92 Å². The summed E-state index contributed by atoms with van der Waals surface area (Å²) >= 11 is 0. The quantitative estimate of drug-likeness (QED) is 0.341. The summed E-state index contributed by atoms with van der Waals surface area (Å²) in [4.78, 5) is 45.4. The van der Waals surface area contributed by atoms with Crippen LogP contribution in [0.1, 0.15) is 34.6 Å². The lowest BCUT2D eigenvalue weighted by Gasteiger charge is -2.12. The average molecular weight is 437 g/mol. The van der Waals surface area contributed by atoms with Crippen molar-refractivity contribution in [2.24, 2.45) is 18.5 Å². The highest BCUT2D eigenvalue weighted by Gasteiger charge is 2.20. The van der Waals surface area contributed by atoms with E-state index in [1.54, 1.807) is 11.5 Å². The van der Waals surface area contributed by atoms with E-state index in [1.807, 2.05) is 0 Å². The Balaban J connectivity index is 2.14. The molecule has 0 spiro atoms. The summed E-state index contributed by atoms with van der Waals surface area (Å²) in [5.41, 5.74) is 11.3. The van der Waals surface area contributed by atoms with Gasteiger partial charge in [0, 0.05) is 25.7 Å². The number of benzene rings is 1. The fourth-order valence-corrected chi connectivity index (χ4v) is 2.99. The highest BCUT2D eigenvalue weighted by Crippen LogP contribution is 2.26. The first kappa shape index (κ1) is 22.5. The Labute approximate surface area is 183 Å². The summed E-state index contributed by atoms with van der Waals surface area (Å²) < 4.78 is 8.57. The van der Waals surface area contributed by atoms with Crippen molar-refractivity contribution in [3.05, 3.63) is 39.7 Å². The minimum atomic E-state index is -0.787. The number of Topliss-reactive ketones (excluding diaryl/α,β-unsaturated/α-hetero) is 1. The van der Waals surface area contributed by atoms with Crippen LogP contribution >= 0.6 is 0 Å². The number of hydrogen-bond acceptors (Lipinski definition) is 8. The van der Waals surface area contributed by atoms with Gasteiger partial charge in [0.1, 0.15) is 5.75 Å². The maximum absolute atomic E-state index is 13.1. The molecule has 0 unspecified atom stereocenters. The molecule has 3 rings (SSSR count). The van der Waals surface area contributed by atoms with Crippen LogP contribution in [0.5, 0.6) is 11.8 Å². The molecular formula is C21H23N7O4. The van der Waals surface area contributed by atoms with Crippen LogP contribution in [0.2, 0.25) is 0 Å². The van der Waals surface area contributed by atoms with Crippen LogP contribution in [0.4, 0.5) is 5.95 Å². The number of nitrogens with two attached hydrogens (primary N) is 2. The van der Waals surface area contributed by atoms with Crippen molar-refractivity contribution in [1.29, 1.82) is 0 Å². The molecule has 2 heterocycles. The van der Waals surface area contributed by atoms with E-state index in [9.17, 15) is 14.4 Å². The van der Waals surface area contributed by atoms with Crippen molar-refractivity contribution >= 4 is 28.8 Å². The van der Waals surface area contributed by atoms with Gasteiger partial charge in [-0.25, -0.2) is 0 Å². The van der Waals surface area contributed by atoms with Gasteiger partial charge in [0.2, 0.25) is 5.95 Å². The number of ketones is 1. The van der Waals surface area contributed by atoms with E-state index >= 15 is 0 Å². The number of nitrogens with one attached hydrogen (secondary N) is 1. The van der Waals surface area contributed by atoms with Crippen LogP contribution in [0, 0.1) is 11.8 Å². The molecule has 0 atom stereocenters. The molecular weight excluding hydrogens is 414 g/mol. The molecule has 0 fully saturated rings. The molecule has 0 aliphatic heterocycles. The molecule has 0 bridgehead atoms. The summed E-state index contributed by atoms with van der Waals surface area (Å²) in [6, 6.07) is 4.16. The molecule has 0 radical (unpaired) electrons. The van der Waals surface area contributed by atoms with E-state index in [1.165, 1.54) is 36.7 Å². The minimum Gasteiger partial charge on any atom is -0.425 e. The van der Waals surface area contributed by atoms with E-state index in [0.717, 1.165) is 0 Å². The highest BCUT2D eigenvalue weighted by molar-refractivity contribution is 6.00. The van der Waals surface area contributed by atoms with Crippen LogP contribution in [0.15, 0.2) is 23.0 Å². The smallest absolute Gasteiger partial charge is 0.306 e. The Morgan fingerprint density at radius 3 is 2.66 bits per heavy atom. The van der Waals surface area contributed by atoms with Gasteiger partial charge in [-0.1, -0.05) is 5.92 Å². The Morgan fingerprint density at radius 2 is 2.03 bits per heavy atom. The first-order valence-corrected chi connectivity index (χ1v) is 9.71. The SMILES string of the molecule is CC#CCn1c(NCCN)nc2nc(Oc3ccc(C(C)=O)cc3C(N)=O)n(C)c(=O)c21. The zero-order valence-corrected chi connectivity index (χ0v) is 17.9. The van der Waals surface area contributed by atoms with Crippen LogP contribution in [-0.2, 0) is 13.6 Å². The molecule has 0 aliphatic rings. The predicted octanol–water partition coefficient (Wildman–Crippen LogP) is 0.618. The average Bonchev–Trinajstić information content (AvgIpc) is 3.11. The number of ether oxygens (including phenoxy) is 1. The summed E-state index contributed by atoms with van der Waals surface area (Å²) in [6.45, 7) is 4.11. The van der Waals surface area contributed by atoms with Crippen molar-refractivity contribution in [3.63, 3.8) is 0 Å². The van der Waals surface area contributed by atoms with E-state index in [2.05, 4.69) is 27.1 Å². The number of fused-ring (bicyclic) bond motifs is 1. The Hall–Kier alpha value is -4.17. The molecule has 1 amide bonds. The number of aromatic nitrogens is 4. The van der Waals surface area contributed by atoms with E-state index in [0.29, 0.717) is 24.6 Å². The van der Waals surface area contributed by atoms with Crippen LogP contribution in [-0.4, -0.2) is 43.9 Å². The number of amides is 1. The van der Waals surface area contributed by atoms with Gasteiger partial charge in [0.15, 0.2) is 16.9 Å². The number of anilines is 1. The molecule has 166 valence electrons. The summed E-state index contributed by atoms with van der Waals surface area (Å²) in [5, 5.41) is 3.05. The summed E-state index contributed by atoms with van der Waals surface area (Å²) in [7, 11) is 1.48. The monoisotopic (exact) mass is 437 g/mol. The largest absolute Gasteiger partial charge is 0.425 e. The van der Waals surface area contributed by atoms with Crippen molar-refractivity contribution in [1.82, 2.24) is 19.1 Å². The van der Waals surface area contributed by atoms with E-state index in [-0.39, 0.29) is 40.8 Å². The number of imidazole rings is 1. The Bertz CT molecular complexity index is 1330. The van der Waals surface area contributed by atoms with E-state index < -0.39 is 11.5 Å². The standard InChI is InChI=1S/C21H23N7O4/c1-4-5-10-28-16-18(25-20(28)24-9-8-22)26-21(27(3)19(16)31)32-15-7-6-13(12(2)29)11-14(15)17(23)30/h6-7,11H,8-10,22H2,1-3H3,(H2,23,30)(H,24,25). The molecule has 11 nitrogen and oxygen atoms in total. The number of carbonyl (C=O) groups excluding carboxylic acids is 2. The molecule has 0 saturated carbocycles. The maximum atomic E-state index is 13.1. The zero-order chi connectivity index (χ0) is 23.4. The van der Waals surface area contributed by atoms with Gasteiger partial charge in [0.05, 0.1) is 12.1 Å². The molecule has 3 aromatic rings. The third kappa shape index (κ3) is 4.30. The lowest BCUT2D eigenvalue weighted by Crippen LogP contribution is -2.23. The molecule has 5 N–H and O–H groups in total. The van der Waals surface area contributed by atoms with Crippen molar-refractivity contribution in [3.8, 4) is 23.6 Å². The lowest BCUT2D eigenvalue weighted by atomic mass is 10.1. The lowest BCUT2D eigenvalue weighted by molar-refractivity contribution is 0.0997. The zero-order valence-electron chi connectivity index (χ0n) is 17.9. The van der Waals surface area contributed by atoms with Crippen LogP contribution < -0.4 is 27.1 Å². The van der Waals surface area contributed by atoms with Gasteiger partial charge in [0.25, 0.3) is 11.5 Å². The number of nitrogens with zero attached hydrogens (tertiary/aromatic N) is 4. The topological polar surface area (TPSA) is 160 Å². The van der Waals surface area contributed by atoms with Crippen LogP contribution in [0.25, 0.3) is 11.2 Å². The second-order valence-electron chi connectivity index (χ2n) is 6.83.